The zero-order chi connectivity index (χ0) is 25.9. The van der Waals surface area contributed by atoms with E-state index in [1.165, 1.54) is 180 Å². The average Bonchev–Trinajstić information content (AvgIpc) is 3.27. The topological polar surface area (TPSA) is 8.81 Å². The second-order valence-electron chi connectivity index (χ2n) is 11.6. The summed E-state index contributed by atoms with van der Waals surface area (Å²) in [5.41, 5.74) is 0. The van der Waals surface area contributed by atoms with Gasteiger partial charge in [-0.2, -0.15) is 0 Å². The van der Waals surface area contributed by atoms with Crippen molar-refractivity contribution in [1.82, 2.24) is 4.57 Å². The molecule has 0 aromatic carbocycles. The van der Waals surface area contributed by atoms with Gasteiger partial charge in [0.05, 0.1) is 13.1 Å². The molecule has 0 saturated heterocycles. The summed E-state index contributed by atoms with van der Waals surface area (Å²) in [6.45, 7) is 9.38. The van der Waals surface area contributed by atoms with Crippen molar-refractivity contribution in [3.63, 3.8) is 0 Å². The molecule has 0 amide bonds. The highest BCUT2D eigenvalue weighted by Crippen LogP contribution is 2.14. The molecule has 0 aliphatic rings. The number of rotatable bonds is 28. The van der Waals surface area contributed by atoms with E-state index >= 15 is 0 Å². The van der Waals surface area contributed by atoms with E-state index in [0.29, 0.717) is 0 Å². The minimum atomic E-state index is 1.22. The fraction of sp³-hybridized carbons (Fsp3) is 0.912. The Morgan fingerprint density at radius 2 is 0.861 bits per heavy atom. The fourth-order valence-corrected chi connectivity index (χ4v) is 5.60. The Balaban J connectivity index is 2.09. The predicted molar refractivity (Wildman–Crippen MR) is 161 cm³/mol. The van der Waals surface area contributed by atoms with E-state index in [4.69, 9.17) is 0 Å². The van der Waals surface area contributed by atoms with E-state index in [9.17, 15) is 0 Å². The molecule has 0 unspecified atom stereocenters. The molecule has 1 aromatic heterocycles. The summed E-state index contributed by atoms with van der Waals surface area (Å²) in [5, 5.41) is 0. The first kappa shape index (κ1) is 33.2. The fourth-order valence-electron chi connectivity index (χ4n) is 5.60. The molecule has 36 heavy (non-hydrogen) atoms. The molecule has 2 heteroatoms. The Labute approximate surface area is 228 Å². The highest BCUT2D eigenvalue weighted by molar-refractivity contribution is 4.84. The number of imidazole rings is 1. The third-order valence-corrected chi connectivity index (χ3v) is 8.10. The van der Waals surface area contributed by atoms with Crippen molar-refractivity contribution in [2.75, 3.05) is 0 Å². The third kappa shape index (κ3) is 18.5. The van der Waals surface area contributed by atoms with Crippen molar-refractivity contribution in [3.8, 4) is 0 Å². The van der Waals surface area contributed by atoms with Crippen LogP contribution in [0.2, 0.25) is 0 Å². The van der Waals surface area contributed by atoms with Gasteiger partial charge in [0, 0.05) is 6.42 Å². The van der Waals surface area contributed by atoms with Crippen molar-refractivity contribution in [2.45, 2.75) is 201 Å². The zero-order valence-corrected chi connectivity index (χ0v) is 25.3. The SMILES string of the molecule is CCCCCCCCCCCCCCCCC[n+]1ccn(CCCCCCCCCC)c1CCCC. The molecule has 212 valence electrons. The Morgan fingerprint density at radius 1 is 0.472 bits per heavy atom. The van der Waals surface area contributed by atoms with Crippen LogP contribution in [0, 0.1) is 0 Å². The smallest absolute Gasteiger partial charge is 0.234 e. The largest absolute Gasteiger partial charge is 0.256 e. The molecule has 0 aliphatic heterocycles. The molecule has 1 rings (SSSR count). The van der Waals surface area contributed by atoms with Gasteiger partial charge in [0.1, 0.15) is 12.4 Å². The molecule has 1 heterocycles. The van der Waals surface area contributed by atoms with Crippen molar-refractivity contribution in [1.29, 1.82) is 0 Å². The second-order valence-corrected chi connectivity index (χ2v) is 11.6. The van der Waals surface area contributed by atoms with Gasteiger partial charge in [-0.15, -0.1) is 0 Å². The zero-order valence-electron chi connectivity index (χ0n) is 25.3. The first-order valence-corrected chi connectivity index (χ1v) is 16.9. The molecular formula is C34H67N2+. The molecule has 0 saturated carbocycles. The standard InChI is InChI=1S/C34H67N2/c1-4-7-10-12-14-16-17-18-19-20-21-22-24-26-28-31-36-33-32-35(34(36)29-9-6-3)30-27-25-23-15-13-11-8-5-2/h32-33H,4-31H2,1-3H3/q+1. The van der Waals surface area contributed by atoms with Crippen LogP contribution in [-0.2, 0) is 19.5 Å². The van der Waals surface area contributed by atoms with Gasteiger partial charge in [0.15, 0.2) is 0 Å². The van der Waals surface area contributed by atoms with Crippen LogP contribution >= 0.6 is 0 Å². The molecule has 0 radical (unpaired) electrons. The number of hydrogen-bond acceptors (Lipinski definition) is 0. The maximum atomic E-state index is 2.59. The van der Waals surface area contributed by atoms with Crippen molar-refractivity contribution in [2.24, 2.45) is 0 Å². The number of aromatic nitrogens is 2. The maximum Gasteiger partial charge on any atom is 0.256 e. The van der Waals surface area contributed by atoms with Gasteiger partial charge in [-0.05, 0) is 32.1 Å². The lowest BCUT2D eigenvalue weighted by molar-refractivity contribution is -0.704. The predicted octanol–water partition coefficient (Wildman–Crippen LogP) is 11.1. The molecular weight excluding hydrogens is 436 g/mol. The van der Waals surface area contributed by atoms with Crippen LogP contribution in [0.25, 0.3) is 0 Å². The average molecular weight is 504 g/mol. The van der Waals surface area contributed by atoms with Crippen LogP contribution in [-0.4, -0.2) is 4.57 Å². The maximum absolute atomic E-state index is 2.59. The molecule has 2 nitrogen and oxygen atoms in total. The summed E-state index contributed by atoms with van der Waals surface area (Å²) in [7, 11) is 0. The lowest BCUT2D eigenvalue weighted by Gasteiger charge is -2.06. The normalized spacial score (nSPS) is 11.5. The first-order chi connectivity index (χ1) is 17.8. The van der Waals surface area contributed by atoms with E-state index < -0.39 is 0 Å². The van der Waals surface area contributed by atoms with Crippen molar-refractivity contribution in [3.05, 3.63) is 18.2 Å². The molecule has 0 aliphatic carbocycles. The molecule has 0 fully saturated rings. The lowest BCUT2D eigenvalue weighted by Crippen LogP contribution is -2.37. The number of hydrogen-bond donors (Lipinski definition) is 0. The van der Waals surface area contributed by atoms with Gasteiger partial charge in [-0.25, -0.2) is 9.13 Å². The highest BCUT2D eigenvalue weighted by atomic mass is 15.1. The Kier molecular flexibility index (Phi) is 23.9. The van der Waals surface area contributed by atoms with Crippen molar-refractivity contribution >= 4 is 0 Å². The summed E-state index contributed by atoms with van der Waals surface area (Å²) in [5.74, 6) is 1.59. The number of nitrogens with zero attached hydrogens (tertiary/aromatic N) is 2. The summed E-state index contributed by atoms with van der Waals surface area (Å²) in [6, 6.07) is 0. The Bertz CT molecular complexity index is 562. The molecule has 0 bridgehead atoms. The quantitative estimate of drug-likeness (QED) is 0.0794. The van der Waals surface area contributed by atoms with Crippen LogP contribution in [0.1, 0.15) is 187 Å². The Hall–Kier alpha value is -0.790. The van der Waals surface area contributed by atoms with E-state index in [1.54, 1.807) is 5.82 Å². The monoisotopic (exact) mass is 504 g/mol. The van der Waals surface area contributed by atoms with Gasteiger partial charge >= 0.3 is 0 Å². The number of unbranched alkanes of at least 4 members (excludes halogenated alkanes) is 22. The van der Waals surface area contributed by atoms with Gasteiger partial charge in [0.25, 0.3) is 5.82 Å². The number of aryl methyl sites for hydroxylation is 2. The molecule has 0 atom stereocenters. The second kappa shape index (κ2) is 25.8. The molecule has 0 N–H and O–H groups in total. The van der Waals surface area contributed by atoms with Crippen LogP contribution in [0.4, 0.5) is 0 Å². The minimum absolute atomic E-state index is 1.22. The summed E-state index contributed by atoms with van der Waals surface area (Å²) < 4.78 is 5.17. The van der Waals surface area contributed by atoms with Crippen LogP contribution in [0.3, 0.4) is 0 Å². The summed E-state index contributed by atoms with van der Waals surface area (Å²) in [6.07, 6.45) is 41.5. The van der Waals surface area contributed by atoms with Gasteiger partial charge in [-0.3, -0.25) is 0 Å². The Morgan fingerprint density at radius 3 is 1.31 bits per heavy atom. The van der Waals surface area contributed by atoms with E-state index in [1.807, 2.05) is 0 Å². The van der Waals surface area contributed by atoms with Gasteiger partial charge < -0.3 is 0 Å². The van der Waals surface area contributed by atoms with Crippen LogP contribution < -0.4 is 4.57 Å². The van der Waals surface area contributed by atoms with Gasteiger partial charge in [0.2, 0.25) is 0 Å². The van der Waals surface area contributed by atoms with E-state index in [-0.39, 0.29) is 0 Å². The summed E-state index contributed by atoms with van der Waals surface area (Å²) >= 11 is 0. The van der Waals surface area contributed by atoms with Gasteiger partial charge in [-0.1, -0.05) is 149 Å². The molecule has 0 spiro atoms. The van der Waals surface area contributed by atoms with Crippen molar-refractivity contribution < 1.29 is 4.57 Å². The first-order valence-electron chi connectivity index (χ1n) is 16.9. The molecule has 1 aromatic rings. The van der Waals surface area contributed by atoms with Crippen LogP contribution in [0.15, 0.2) is 12.4 Å². The third-order valence-electron chi connectivity index (χ3n) is 8.10. The minimum Gasteiger partial charge on any atom is -0.234 e. The lowest BCUT2D eigenvalue weighted by atomic mass is 10.0. The summed E-state index contributed by atoms with van der Waals surface area (Å²) in [4.78, 5) is 0. The van der Waals surface area contributed by atoms with Crippen LogP contribution in [0.5, 0.6) is 0 Å². The van der Waals surface area contributed by atoms with E-state index in [0.717, 1.165) is 0 Å². The van der Waals surface area contributed by atoms with E-state index in [2.05, 4.69) is 42.3 Å². The highest BCUT2D eigenvalue weighted by Gasteiger charge is 2.16.